The Morgan fingerprint density at radius 1 is 1.30 bits per heavy atom. The Kier molecular flexibility index (Phi) is 3.59. The van der Waals surface area contributed by atoms with Gasteiger partial charge in [-0.2, -0.15) is 4.98 Å². The quantitative estimate of drug-likeness (QED) is 0.627. The van der Waals surface area contributed by atoms with Gasteiger partial charge in [-0.15, -0.1) is 0 Å². The van der Waals surface area contributed by atoms with Crippen LogP contribution in [0.3, 0.4) is 0 Å². The summed E-state index contributed by atoms with van der Waals surface area (Å²) in [5.41, 5.74) is 0.216. The molecule has 2 aromatic rings. The Morgan fingerprint density at radius 2 is 2.09 bits per heavy atom. The number of aromatic nitrogens is 3. The monoisotopic (exact) mass is 356 g/mol. The van der Waals surface area contributed by atoms with Crippen LogP contribution in [0.1, 0.15) is 25.7 Å². The molecule has 0 radical (unpaired) electrons. The highest BCUT2D eigenvalue weighted by Gasteiger charge is 2.46. The predicted molar refractivity (Wildman–Crippen MR) is 86.4 cm³/mol. The summed E-state index contributed by atoms with van der Waals surface area (Å²) < 4.78 is 14.2. The van der Waals surface area contributed by atoms with Crippen LogP contribution in [0, 0.1) is 11.2 Å². The fraction of sp³-hybridized carbons (Fsp3) is 0.533. The minimum absolute atomic E-state index is 0.0121. The number of rotatable bonds is 1. The van der Waals surface area contributed by atoms with Gasteiger partial charge in [0.05, 0.1) is 11.5 Å². The summed E-state index contributed by atoms with van der Waals surface area (Å²) in [6.45, 7) is 1.58. The van der Waals surface area contributed by atoms with Crippen LogP contribution >= 0.6 is 23.2 Å². The minimum atomic E-state index is -0.680. The van der Waals surface area contributed by atoms with E-state index in [0.29, 0.717) is 11.2 Å². The number of fused-ring (bicyclic) bond motifs is 1. The van der Waals surface area contributed by atoms with Gasteiger partial charge in [-0.1, -0.05) is 11.6 Å². The molecule has 0 bridgehead atoms. The molecule has 2 aliphatic rings. The smallest absolute Gasteiger partial charge is 0.225 e. The number of anilines is 1. The van der Waals surface area contributed by atoms with Crippen molar-refractivity contribution >= 4 is 39.9 Å². The number of hydrogen-bond acceptors (Lipinski definition) is 5. The van der Waals surface area contributed by atoms with Crippen LogP contribution in [-0.2, 0) is 0 Å². The molecule has 8 heteroatoms. The molecule has 4 rings (SSSR count). The molecule has 5 nitrogen and oxygen atoms in total. The fourth-order valence-electron chi connectivity index (χ4n) is 3.90. The zero-order chi connectivity index (χ0) is 16.2. The lowest BCUT2D eigenvalue weighted by Crippen LogP contribution is -2.52. The maximum absolute atomic E-state index is 14.2. The van der Waals surface area contributed by atoms with Gasteiger partial charge in [-0.25, -0.2) is 14.4 Å². The highest BCUT2D eigenvalue weighted by atomic mass is 35.5. The number of piperidine rings is 1. The van der Waals surface area contributed by atoms with Crippen molar-refractivity contribution in [1.29, 1.82) is 0 Å². The zero-order valence-electron chi connectivity index (χ0n) is 12.3. The average Bonchev–Trinajstić information content (AvgIpc) is 2.50. The van der Waals surface area contributed by atoms with Crippen molar-refractivity contribution in [2.45, 2.75) is 31.8 Å². The van der Waals surface area contributed by atoms with Gasteiger partial charge in [-0.3, -0.25) is 0 Å². The summed E-state index contributed by atoms with van der Waals surface area (Å²) in [5.74, 6) is -0.0935. The summed E-state index contributed by atoms with van der Waals surface area (Å²) in [6.07, 6.45) is 4.98. The Labute approximate surface area is 142 Å². The molecule has 2 aromatic heterocycles. The second-order valence-corrected chi connectivity index (χ2v) is 7.22. The Bertz CT molecular complexity index is 776. The summed E-state index contributed by atoms with van der Waals surface area (Å²) in [7, 11) is 0. The molecular weight excluding hydrogens is 342 g/mol. The molecule has 122 valence electrons. The van der Waals surface area contributed by atoms with Crippen LogP contribution in [0.4, 0.5) is 10.2 Å². The van der Waals surface area contributed by atoms with Crippen molar-refractivity contribution in [1.82, 2.24) is 15.0 Å². The number of pyridine rings is 1. The minimum Gasteiger partial charge on any atom is -0.393 e. The average molecular weight is 357 g/mol. The van der Waals surface area contributed by atoms with E-state index in [0.717, 1.165) is 38.8 Å². The van der Waals surface area contributed by atoms with Crippen LogP contribution in [-0.4, -0.2) is 39.3 Å². The SMILES string of the molecule is O[C@H]1C[C@@]2(CCCN(c3nc(Cl)nc4c(F)c(Cl)ncc34)C2)C1. The number of halogens is 3. The molecular formula is C15H15Cl2FN4O. The van der Waals surface area contributed by atoms with E-state index in [1.54, 1.807) is 0 Å². The molecule has 1 aliphatic heterocycles. The van der Waals surface area contributed by atoms with Crippen LogP contribution in [0.5, 0.6) is 0 Å². The normalized spacial score (nSPS) is 27.5. The standard InChI is InChI=1S/C15H15Cl2FN4O/c16-12-10(18)11-9(6-19-12)13(21-14(17)20-11)22-3-1-2-15(7-22)4-8(23)5-15/h6,8,23H,1-5,7H2/t8-,15-. The molecule has 23 heavy (non-hydrogen) atoms. The molecule has 0 atom stereocenters. The Balaban J connectivity index is 1.78. The van der Waals surface area contributed by atoms with E-state index in [4.69, 9.17) is 23.2 Å². The van der Waals surface area contributed by atoms with Crippen molar-refractivity contribution in [3.8, 4) is 0 Å². The summed E-state index contributed by atoms with van der Waals surface area (Å²) in [4.78, 5) is 14.2. The molecule has 0 aromatic carbocycles. The summed E-state index contributed by atoms with van der Waals surface area (Å²) >= 11 is 11.7. The first-order chi connectivity index (χ1) is 11.0. The molecule has 2 fully saturated rings. The number of aliphatic hydroxyl groups is 1. The lowest BCUT2D eigenvalue weighted by molar-refractivity contribution is -0.0396. The second kappa shape index (κ2) is 5.40. The number of nitrogens with zero attached hydrogens (tertiary/aromatic N) is 4. The lowest BCUT2D eigenvalue weighted by atomic mass is 9.62. The van der Waals surface area contributed by atoms with Gasteiger partial charge in [0.1, 0.15) is 11.3 Å². The molecule has 0 amide bonds. The summed E-state index contributed by atoms with van der Waals surface area (Å²) in [5, 5.41) is 9.93. The van der Waals surface area contributed by atoms with Crippen molar-refractivity contribution in [3.05, 3.63) is 22.5 Å². The van der Waals surface area contributed by atoms with Gasteiger partial charge in [0.25, 0.3) is 0 Å². The first-order valence-electron chi connectivity index (χ1n) is 7.58. The van der Waals surface area contributed by atoms with Gasteiger partial charge >= 0.3 is 0 Å². The molecule has 1 N–H and O–H groups in total. The Hall–Kier alpha value is -1.24. The summed E-state index contributed by atoms with van der Waals surface area (Å²) in [6, 6.07) is 0. The van der Waals surface area contributed by atoms with E-state index in [1.165, 1.54) is 6.20 Å². The van der Waals surface area contributed by atoms with Crippen LogP contribution in [0.25, 0.3) is 10.9 Å². The fourth-order valence-corrected chi connectivity index (χ4v) is 4.20. The zero-order valence-corrected chi connectivity index (χ0v) is 13.8. The van der Waals surface area contributed by atoms with Crippen LogP contribution in [0.2, 0.25) is 10.4 Å². The van der Waals surface area contributed by atoms with Crippen molar-refractivity contribution in [2.75, 3.05) is 18.0 Å². The van der Waals surface area contributed by atoms with E-state index in [2.05, 4.69) is 19.9 Å². The topological polar surface area (TPSA) is 62.1 Å². The maximum Gasteiger partial charge on any atom is 0.225 e. The lowest BCUT2D eigenvalue weighted by Gasteiger charge is -2.51. The maximum atomic E-state index is 14.2. The van der Waals surface area contributed by atoms with Crippen LogP contribution in [0.15, 0.2) is 6.20 Å². The van der Waals surface area contributed by atoms with E-state index < -0.39 is 5.82 Å². The van der Waals surface area contributed by atoms with Gasteiger partial charge in [0, 0.05) is 19.3 Å². The number of aliphatic hydroxyl groups excluding tert-OH is 1. The highest BCUT2D eigenvalue weighted by molar-refractivity contribution is 6.30. The molecule has 1 saturated carbocycles. The van der Waals surface area contributed by atoms with Gasteiger partial charge in [-0.05, 0) is 42.7 Å². The van der Waals surface area contributed by atoms with Crippen molar-refractivity contribution in [3.63, 3.8) is 0 Å². The van der Waals surface area contributed by atoms with Gasteiger partial charge in [0.15, 0.2) is 11.0 Å². The molecule has 1 saturated heterocycles. The van der Waals surface area contributed by atoms with Gasteiger partial charge < -0.3 is 10.0 Å². The number of hydrogen-bond donors (Lipinski definition) is 1. The largest absolute Gasteiger partial charge is 0.393 e. The first kappa shape index (κ1) is 15.3. The molecule has 1 spiro atoms. The van der Waals surface area contributed by atoms with E-state index in [9.17, 15) is 9.50 Å². The Morgan fingerprint density at radius 3 is 2.83 bits per heavy atom. The third-order valence-corrected chi connectivity index (χ3v) is 5.33. The van der Waals surface area contributed by atoms with E-state index in [1.807, 2.05) is 0 Å². The van der Waals surface area contributed by atoms with Gasteiger partial charge in [0.2, 0.25) is 5.28 Å². The van der Waals surface area contributed by atoms with Crippen molar-refractivity contribution < 1.29 is 9.50 Å². The third kappa shape index (κ3) is 2.53. The van der Waals surface area contributed by atoms with E-state index in [-0.39, 0.29) is 27.5 Å². The van der Waals surface area contributed by atoms with Crippen molar-refractivity contribution in [2.24, 2.45) is 5.41 Å². The molecule has 0 unspecified atom stereocenters. The van der Waals surface area contributed by atoms with E-state index >= 15 is 0 Å². The first-order valence-corrected chi connectivity index (χ1v) is 8.33. The molecule has 3 heterocycles. The molecule has 1 aliphatic carbocycles. The van der Waals surface area contributed by atoms with Crippen LogP contribution < -0.4 is 4.90 Å². The third-order valence-electron chi connectivity index (χ3n) is 4.89. The predicted octanol–water partition coefficient (Wildman–Crippen LogP) is 3.21. The highest BCUT2D eigenvalue weighted by Crippen LogP contribution is 2.48. The second-order valence-electron chi connectivity index (χ2n) is 6.53.